The minimum atomic E-state index is -0.369. The summed E-state index contributed by atoms with van der Waals surface area (Å²) < 4.78 is 15.8. The van der Waals surface area contributed by atoms with Gasteiger partial charge in [0, 0.05) is 5.56 Å². The fourth-order valence-corrected chi connectivity index (χ4v) is 2.07. The number of benzene rings is 2. The van der Waals surface area contributed by atoms with Gasteiger partial charge in [0.25, 0.3) is 0 Å². The van der Waals surface area contributed by atoms with E-state index in [-0.39, 0.29) is 5.97 Å². The van der Waals surface area contributed by atoms with Gasteiger partial charge in [0.2, 0.25) is 0 Å². The van der Waals surface area contributed by atoms with E-state index in [0.29, 0.717) is 17.1 Å². The van der Waals surface area contributed by atoms with Gasteiger partial charge in [-0.1, -0.05) is 12.1 Å². The van der Waals surface area contributed by atoms with Gasteiger partial charge in [0.1, 0.15) is 17.3 Å². The summed E-state index contributed by atoms with van der Waals surface area (Å²) in [5.41, 5.74) is 1.42. The smallest absolute Gasteiger partial charge is 0.337 e. The molecule has 0 bridgehead atoms. The molecule has 3 aromatic rings. The number of carbonyl (C=O) groups excluding carboxylic acids is 1. The minimum absolute atomic E-state index is 0.369. The first-order valence-corrected chi connectivity index (χ1v) is 6.76. The van der Waals surface area contributed by atoms with Crippen molar-refractivity contribution in [1.82, 2.24) is 0 Å². The highest BCUT2D eigenvalue weighted by Gasteiger charge is 2.06. The number of hydrogen-bond acceptors (Lipinski definition) is 4. The van der Waals surface area contributed by atoms with E-state index in [2.05, 4.69) is 4.74 Å². The molecule has 4 heteroatoms. The van der Waals surface area contributed by atoms with Crippen LogP contribution in [0.3, 0.4) is 0 Å². The molecule has 1 heterocycles. The first kappa shape index (κ1) is 13.9. The SMILES string of the molecule is COC(=O)c1ccc(Oc2cccc(-c3ccco3)c2)cc1. The number of hydrogen-bond donors (Lipinski definition) is 0. The van der Waals surface area contributed by atoms with Crippen molar-refractivity contribution in [2.45, 2.75) is 0 Å². The Hall–Kier alpha value is -3.01. The zero-order valence-corrected chi connectivity index (χ0v) is 12.0. The fourth-order valence-electron chi connectivity index (χ4n) is 2.07. The fraction of sp³-hybridized carbons (Fsp3) is 0.0556. The Morgan fingerprint density at radius 2 is 1.77 bits per heavy atom. The third-order valence-corrected chi connectivity index (χ3v) is 3.15. The van der Waals surface area contributed by atoms with E-state index in [9.17, 15) is 4.79 Å². The minimum Gasteiger partial charge on any atom is -0.465 e. The van der Waals surface area contributed by atoms with Crippen molar-refractivity contribution < 1.29 is 18.7 Å². The summed E-state index contributed by atoms with van der Waals surface area (Å²) in [5.74, 6) is 1.75. The highest BCUT2D eigenvalue weighted by atomic mass is 16.5. The summed E-state index contributed by atoms with van der Waals surface area (Å²) in [6, 6.07) is 18.1. The number of furan rings is 1. The average molecular weight is 294 g/mol. The largest absolute Gasteiger partial charge is 0.465 e. The van der Waals surface area contributed by atoms with E-state index in [1.165, 1.54) is 7.11 Å². The highest BCUT2D eigenvalue weighted by molar-refractivity contribution is 5.89. The van der Waals surface area contributed by atoms with Crippen LogP contribution in [0.1, 0.15) is 10.4 Å². The molecule has 22 heavy (non-hydrogen) atoms. The molecule has 0 N–H and O–H groups in total. The molecule has 4 nitrogen and oxygen atoms in total. The van der Waals surface area contributed by atoms with E-state index in [0.717, 1.165) is 11.3 Å². The van der Waals surface area contributed by atoms with Crippen LogP contribution >= 0.6 is 0 Å². The predicted molar refractivity (Wildman–Crippen MR) is 82.0 cm³/mol. The summed E-state index contributed by atoms with van der Waals surface area (Å²) in [7, 11) is 1.35. The maximum absolute atomic E-state index is 11.4. The maximum Gasteiger partial charge on any atom is 0.337 e. The predicted octanol–water partition coefficient (Wildman–Crippen LogP) is 4.53. The Bertz CT molecular complexity index is 758. The molecule has 0 amide bonds. The van der Waals surface area contributed by atoms with Gasteiger partial charge in [0.05, 0.1) is 18.9 Å². The summed E-state index contributed by atoms with van der Waals surface area (Å²) in [5, 5.41) is 0. The van der Waals surface area contributed by atoms with Crippen molar-refractivity contribution in [2.24, 2.45) is 0 Å². The van der Waals surface area contributed by atoms with Crippen LogP contribution in [-0.4, -0.2) is 13.1 Å². The van der Waals surface area contributed by atoms with Crippen molar-refractivity contribution in [3.8, 4) is 22.8 Å². The van der Waals surface area contributed by atoms with Gasteiger partial charge in [-0.25, -0.2) is 4.79 Å². The number of ether oxygens (including phenoxy) is 2. The molecule has 0 atom stereocenters. The number of methoxy groups -OCH3 is 1. The van der Waals surface area contributed by atoms with Crippen molar-refractivity contribution in [3.63, 3.8) is 0 Å². The molecule has 3 rings (SSSR count). The Labute approximate surface area is 127 Å². The van der Waals surface area contributed by atoms with Gasteiger partial charge in [-0.15, -0.1) is 0 Å². The lowest BCUT2D eigenvalue weighted by Gasteiger charge is -2.07. The molecule has 0 unspecified atom stereocenters. The zero-order valence-electron chi connectivity index (χ0n) is 12.0. The van der Waals surface area contributed by atoms with Gasteiger partial charge in [-0.3, -0.25) is 0 Å². The summed E-state index contributed by atoms with van der Waals surface area (Å²) in [6.45, 7) is 0. The van der Waals surface area contributed by atoms with Crippen molar-refractivity contribution in [3.05, 3.63) is 72.5 Å². The molecule has 0 spiro atoms. The molecular weight excluding hydrogens is 280 g/mol. The first-order chi connectivity index (χ1) is 10.8. The van der Waals surface area contributed by atoms with E-state index >= 15 is 0 Å². The van der Waals surface area contributed by atoms with E-state index in [1.54, 1.807) is 30.5 Å². The van der Waals surface area contributed by atoms with Crippen LogP contribution < -0.4 is 4.74 Å². The normalized spacial score (nSPS) is 10.2. The third kappa shape index (κ3) is 3.01. The quantitative estimate of drug-likeness (QED) is 0.663. The molecule has 0 fully saturated rings. The van der Waals surface area contributed by atoms with Gasteiger partial charge in [-0.05, 0) is 48.5 Å². The second-order valence-electron chi connectivity index (χ2n) is 4.62. The Balaban J connectivity index is 1.78. The summed E-state index contributed by atoms with van der Waals surface area (Å²) in [6.07, 6.45) is 1.63. The van der Waals surface area contributed by atoms with Crippen LogP contribution in [0.25, 0.3) is 11.3 Å². The topological polar surface area (TPSA) is 48.7 Å². The van der Waals surface area contributed by atoms with E-state index < -0.39 is 0 Å². The Morgan fingerprint density at radius 1 is 0.955 bits per heavy atom. The van der Waals surface area contributed by atoms with E-state index in [4.69, 9.17) is 9.15 Å². The lowest BCUT2D eigenvalue weighted by atomic mass is 10.1. The van der Waals surface area contributed by atoms with Crippen LogP contribution in [0.5, 0.6) is 11.5 Å². The molecule has 0 saturated heterocycles. The van der Waals surface area contributed by atoms with Crippen LogP contribution in [0.15, 0.2) is 71.3 Å². The molecule has 0 aliphatic rings. The van der Waals surface area contributed by atoms with Gasteiger partial charge < -0.3 is 13.9 Å². The molecule has 0 saturated carbocycles. The van der Waals surface area contributed by atoms with Gasteiger partial charge in [-0.2, -0.15) is 0 Å². The number of carbonyl (C=O) groups is 1. The maximum atomic E-state index is 11.4. The second kappa shape index (κ2) is 6.18. The van der Waals surface area contributed by atoms with Crippen molar-refractivity contribution >= 4 is 5.97 Å². The Morgan fingerprint density at radius 3 is 2.45 bits per heavy atom. The average Bonchev–Trinajstić information content (AvgIpc) is 3.10. The third-order valence-electron chi connectivity index (χ3n) is 3.15. The van der Waals surface area contributed by atoms with E-state index in [1.807, 2.05) is 36.4 Å². The molecule has 110 valence electrons. The lowest BCUT2D eigenvalue weighted by Crippen LogP contribution is -2.00. The van der Waals surface area contributed by atoms with Crippen molar-refractivity contribution in [2.75, 3.05) is 7.11 Å². The summed E-state index contributed by atoms with van der Waals surface area (Å²) in [4.78, 5) is 11.4. The molecule has 0 aliphatic carbocycles. The summed E-state index contributed by atoms with van der Waals surface area (Å²) >= 11 is 0. The number of esters is 1. The van der Waals surface area contributed by atoms with Crippen LogP contribution in [-0.2, 0) is 4.74 Å². The molecule has 1 aromatic heterocycles. The van der Waals surface area contributed by atoms with Crippen molar-refractivity contribution in [1.29, 1.82) is 0 Å². The first-order valence-electron chi connectivity index (χ1n) is 6.76. The van der Waals surface area contributed by atoms with Crippen LogP contribution in [0, 0.1) is 0 Å². The lowest BCUT2D eigenvalue weighted by molar-refractivity contribution is 0.0600. The van der Waals surface area contributed by atoms with Gasteiger partial charge in [0.15, 0.2) is 0 Å². The van der Waals surface area contributed by atoms with Crippen LogP contribution in [0.2, 0.25) is 0 Å². The van der Waals surface area contributed by atoms with Gasteiger partial charge >= 0.3 is 5.97 Å². The van der Waals surface area contributed by atoms with Crippen LogP contribution in [0.4, 0.5) is 0 Å². The molecule has 0 aliphatic heterocycles. The molecule has 2 aromatic carbocycles. The zero-order chi connectivity index (χ0) is 15.4. The highest BCUT2D eigenvalue weighted by Crippen LogP contribution is 2.27. The second-order valence-corrected chi connectivity index (χ2v) is 4.62. The standard InChI is InChI=1S/C18H14O4/c1-20-18(19)13-7-9-15(10-8-13)22-16-5-2-4-14(12-16)17-6-3-11-21-17/h2-12H,1H3. The number of rotatable bonds is 4. The Kier molecular flexibility index (Phi) is 3.92. The monoisotopic (exact) mass is 294 g/mol. The molecular formula is C18H14O4. The molecule has 0 radical (unpaired) electrons.